The van der Waals surface area contributed by atoms with Crippen molar-refractivity contribution in [3.05, 3.63) is 72.4 Å². The standard InChI is InChI=1S/C42H70O7Si2/c1-31-17-14-20-37-36(44-9)25-23-33(46-37)18-16-22-40(43)47-38(21-15-19-35(30-31)48-50(10,11)41(3,4)5)39(49-51(12,13)42(6,7)8)26-24-34-29-32(2)27-28-45-34/h15-16,19,22-27,33-39H,1,14,17-18,20-21,28-30H2,2-13H3/b19-15+,22-16-,26-24+/t33-,34-,35-,36+,37-,38+,39+/m1/s1. The lowest BCUT2D eigenvalue weighted by atomic mass is 9.98. The Morgan fingerprint density at radius 1 is 0.961 bits per heavy atom. The Bertz CT molecular complexity index is 1300. The smallest absolute Gasteiger partial charge is 0.330 e. The highest BCUT2D eigenvalue weighted by Crippen LogP contribution is 2.40. The van der Waals surface area contributed by atoms with Crippen LogP contribution in [0.25, 0.3) is 0 Å². The molecule has 0 spiro atoms. The lowest BCUT2D eigenvalue weighted by Gasteiger charge is -2.40. The molecule has 0 aliphatic carbocycles. The number of rotatable bonds is 8. The second-order valence-electron chi connectivity index (χ2n) is 17.7. The van der Waals surface area contributed by atoms with E-state index in [1.807, 2.05) is 12.2 Å². The monoisotopic (exact) mass is 742 g/mol. The fourth-order valence-corrected chi connectivity index (χ4v) is 8.47. The topological polar surface area (TPSA) is 72.5 Å². The zero-order chi connectivity index (χ0) is 38.0. The summed E-state index contributed by atoms with van der Waals surface area (Å²) in [7, 11) is -2.67. The van der Waals surface area contributed by atoms with Crippen LogP contribution in [0, 0.1) is 0 Å². The predicted octanol–water partition coefficient (Wildman–Crippen LogP) is 10.3. The number of methoxy groups -OCH3 is 1. The molecule has 0 fully saturated rings. The van der Waals surface area contributed by atoms with Crippen LogP contribution in [-0.2, 0) is 32.6 Å². The highest BCUT2D eigenvalue weighted by molar-refractivity contribution is 6.74. The molecular formula is C42H70O7Si2. The van der Waals surface area contributed by atoms with Crippen molar-refractivity contribution in [2.45, 2.75) is 172 Å². The summed E-state index contributed by atoms with van der Waals surface area (Å²) < 4.78 is 38.6. The number of ether oxygens (including phenoxy) is 4. The summed E-state index contributed by atoms with van der Waals surface area (Å²) in [5.41, 5.74) is 2.47. The Kier molecular flexibility index (Phi) is 16.2. The molecule has 0 saturated carbocycles. The highest BCUT2D eigenvalue weighted by atomic mass is 28.4. The van der Waals surface area contributed by atoms with E-state index < -0.39 is 34.8 Å². The van der Waals surface area contributed by atoms with E-state index in [1.165, 1.54) is 11.6 Å². The van der Waals surface area contributed by atoms with Gasteiger partial charge >= 0.3 is 5.97 Å². The number of carbonyl (C=O) groups is 1. The summed E-state index contributed by atoms with van der Waals surface area (Å²) >= 11 is 0. The van der Waals surface area contributed by atoms with Gasteiger partial charge in [0.15, 0.2) is 16.6 Å². The van der Waals surface area contributed by atoms with Crippen molar-refractivity contribution in [2.24, 2.45) is 0 Å². The zero-order valence-corrected chi connectivity index (χ0v) is 36.0. The summed E-state index contributed by atoms with van der Waals surface area (Å²) in [6.45, 7) is 29.8. The number of hydrogen-bond acceptors (Lipinski definition) is 7. The molecule has 3 aliphatic heterocycles. The van der Waals surface area contributed by atoms with Crippen molar-refractivity contribution < 1.29 is 32.6 Å². The summed E-state index contributed by atoms with van der Waals surface area (Å²) in [6, 6.07) is 0. The molecule has 3 heterocycles. The average molecular weight is 743 g/mol. The number of hydrogen-bond donors (Lipinski definition) is 0. The molecule has 3 rings (SSSR count). The Labute approximate surface area is 312 Å². The molecule has 0 aromatic rings. The molecule has 9 heteroatoms. The van der Waals surface area contributed by atoms with Crippen molar-refractivity contribution in [3.63, 3.8) is 0 Å². The normalized spacial score (nSPS) is 30.2. The van der Waals surface area contributed by atoms with E-state index in [1.54, 1.807) is 7.11 Å². The summed E-state index contributed by atoms with van der Waals surface area (Å²) in [5, 5.41) is 0.0163. The van der Waals surface area contributed by atoms with Gasteiger partial charge in [0.25, 0.3) is 0 Å². The van der Waals surface area contributed by atoms with Gasteiger partial charge < -0.3 is 27.8 Å². The number of esters is 1. The first kappa shape index (κ1) is 43.5. The van der Waals surface area contributed by atoms with Crippen LogP contribution in [0.3, 0.4) is 0 Å². The number of cyclic esters (lactones) is 1. The van der Waals surface area contributed by atoms with Gasteiger partial charge in [-0.2, -0.15) is 0 Å². The molecule has 0 aromatic carbocycles. The third-order valence-corrected chi connectivity index (χ3v) is 20.2. The van der Waals surface area contributed by atoms with E-state index in [0.29, 0.717) is 19.4 Å². The van der Waals surface area contributed by atoms with Crippen LogP contribution in [0.1, 0.15) is 93.4 Å². The van der Waals surface area contributed by atoms with Crippen molar-refractivity contribution >= 4 is 22.6 Å². The molecule has 0 saturated heterocycles. The van der Waals surface area contributed by atoms with Crippen LogP contribution >= 0.6 is 0 Å². The molecule has 0 aromatic heterocycles. The molecule has 2 bridgehead atoms. The van der Waals surface area contributed by atoms with Gasteiger partial charge in [-0.25, -0.2) is 4.79 Å². The van der Waals surface area contributed by atoms with Gasteiger partial charge in [0.05, 0.1) is 31.0 Å². The molecule has 288 valence electrons. The molecule has 7 atom stereocenters. The summed E-state index contributed by atoms with van der Waals surface area (Å²) in [4.78, 5) is 13.5. The lowest BCUT2D eigenvalue weighted by molar-refractivity contribution is -0.146. The minimum Gasteiger partial charge on any atom is -0.456 e. The molecule has 0 unspecified atom stereocenters. The number of carbonyl (C=O) groups excluding carboxylic acids is 1. The fraction of sp³-hybridized carbons (Fsp3) is 0.690. The molecular weight excluding hydrogens is 673 g/mol. The van der Waals surface area contributed by atoms with E-state index in [0.717, 1.165) is 37.7 Å². The average Bonchev–Trinajstić information content (AvgIpc) is 3.01. The van der Waals surface area contributed by atoms with Crippen LogP contribution in [0.4, 0.5) is 0 Å². The van der Waals surface area contributed by atoms with E-state index in [-0.39, 0.29) is 40.6 Å². The van der Waals surface area contributed by atoms with Gasteiger partial charge in [0.1, 0.15) is 18.3 Å². The van der Waals surface area contributed by atoms with Gasteiger partial charge in [0, 0.05) is 19.6 Å². The van der Waals surface area contributed by atoms with Gasteiger partial charge in [-0.05, 0) is 81.7 Å². The third kappa shape index (κ3) is 13.8. The Morgan fingerprint density at radius 3 is 2.31 bits per heavy atom. The van der Waals surface area contributed by atoms with Crippen molar-refractivity contribution in [2.75, 3.05) is 13.7 Å². The van der Waals surface area contributed by atoms with Crippen molar-refractivity contribution in [1.82, 2.24) is 0 Å². The first-order valence-electron chi connectivity index (χ1n) is 19.1. The molecule has 0 radical (unpaired) electrons. The second kappa shape index (κ2) is 18.9. The Morgan fingerprint density at radius 2 is 1.67 bits per heavy atom. The molecule has 3 aliphatic rings. The van der Waals surface area contributed by atoms with Crippen LogP contribution in [-0.4, -0.2) is 79.0 Å². The summed E-state index contributed by atoms with van der Waals surface area (Å²) in [6.07, 6.45) is 21.9. The van der Waals surface area contributed by atoms with Crippen LogP contribution in [0.2, 0.25) is 36.3 Å². The van der Waals surface area contributed by atoms with Crippen molar-refractivity contribution in [1.29, 1.82) is 0 Å². The minimum atomic E-state index is -2.28. The van der Waals surface area contributed by atoms with E-state index >= 15 is 0 Å². The maximum atomic E-state index is 13.5. The van der Waals surface area contributed by atoms with E-state index in [9.17, 15) is 4.79 Å². The molecule has 0 N–H and O–H groups in total. The van der Waals surface area contributed by atoms with E-state index in [4.69, 9.17) is 27.8 Å². The Balaban J connectivity index is 2.02. The Hall–Kier alpha value is -1.86. The first-order valence-corrected chi connectivity index (χ1v) is 24.9. The lowest BCUT2D eigenvalue weighted by Crippen LogP contribution is -2.47. The minimum absolute atomic E-state index is 0.0370. The molecule has 0 amide bonds. The quantitative estimate of drug-likeness (QED) is 0.139. The first-order chi connectivity index (χ1) is 23.7. The van der Waals surface area contributed by atoms with Crippen LogP contribution in [0.5, 0.6) is 0 Å². The van der Waals surface area contributed by atoms with Crippen molar-refractivity contribution in [3.8, 4) is 0 Å². The van der Waals surface area contributed by atoms with Gasteiger partial charge in [0.2, 0.25) is 0 Å². The second-order valence-corrected chi connectivity index (χ2v) is 27.2. The fourth-order valence-electron chi connectivity index (χ4n) is 5.93. The molecule has 51 heavy (non-hydrogen) atoms. The van der Waals surface area contributed by atoms with Gasteiger partial charge in [-0.1, -0.05) is 108 Å². The molecule has 7 nitrogen and oxygen atoms in total. The largest absolute Gasteiger partial charge is 0.456 e. The predicted molar refractivity (Wildman–Crippen MR) is 215 cm³/mol. The zero-order valence-electron chi connectivity index (χ0n) is 34.0. The van der Waals surface area contributed by atoms with E-state index in [2.05, 4.69) is 118 Å². The maximum Gasteiger partial charge on any atom is 0.330 e. The van der Waals surface area contributed by atoms with Crippen LogP contribution in [0.15, 0.2) is 72.4 Å². The highest BCUT2D eigenvalue weighted by Gasteiger charge is 2.41. The SMILES string of the molecule is C=C1CCC[C@H]2O[C@@H](C=C[C@@H]2OC)C/C=C\C(=O)O[C@H]([C@H](/C=C/[C@@H]2CC(C)=CCO2)O[Si](C)(C)C(C)(C)C)C/C=C/[C@@H](O[Si](C)(C)C(C)(C)C)C1. The van der Waals surface area contributed by atoms with Gasteiger partial charge in [-0.3, -0.25) is 0 Å². The van der Waals surface area contributed by atoms with Crippen LogP contribution < -0.4 is 0 Å². The number of fused-ring (bicyclic) bond motifs is 2. The summed E-state index contributed by atoms with van der Waals surface area (Å²) in [5.74, 6) is -0.395. The van der Waals surface area contributed by atoms with Gasteiger partial charge in [-0.15, -0.1) is 0 Å². The maximum absolute atomic E-state index is 13.5. The third-order valence-electron chi connectivity index (χ3n) is 11.3.